The van der Waals surface area contributed by atoms with Crippen LogP contribution >= 0.6 is 0 Å². The van der Waals surface area contributed by atoms with E-state index < -0.39 is 9.84 Å². The normalized spacial score (nSPS) is 11.4. The van der Waals surface area contributed by atoms with E-state index in [1.165, 1.54) is 0 Å². The first-order valence-electron chi connectivity index (χ1n) is 6.27. The Balaban J connectivity index is 2.64. The summed E-state index contributed by atoms with van der Waals surface area (Å²) in [5, 5.41) is 0. The Morgan fingerprint density at radius 2 is 1.72 bits per heavy atom. The molecule has 0 radical (unpaired) electrons. The molecule has 100 valence electrons. The van der Waals surface area contributed by atoms with E-state index in [0.717, 1.165) is 24.8 Å². The maximum Gasteiger partial charge on any atom is 0.185 e. The molecule has 0 spiro atoms. The first kappa shape index (κ1) is 14.9. The number of aryl methyl sites for hydroxylation is 1. The van der Waals surface area contributed by atoms with Gasteiger partial charge in [0, 0.05) is 6.42 Å². The van der Waals surface area contributed by atoms with Gasteiger partial charge in [0.15, 0.2) is 9.84 Å². The number of hydrogen-bond acceptors (Lipinski definition) is 3. The van der Waals surface area contributed by atoms with Crippen LogP contribution in [0.4, 0.5) is 0 Å². The van der Waals surface area contributed by atoms with Crippen LogP contribution in [0.5, 0.6) is 0 Å². The molecular formula is C14H20O3S. The molecule has 0 unspecified atom stereocenters. The van der Waals surface area contributed by atoms with E-state index in [9.17, 15) is 13.2 Å². The molecule has 0 atom stereocenters. The van der Waals surface area contributed by atoms with E-state index >= 15 is 0 Å². The van der Waals surface area contributed by atoms with Crippen molar-refractivity contribution in [1.29, 1.82) is 0 Å². The van der Waals surface area contributed by atoms with Crippen LogP contribution < -0.4 is 0 Å². The summed E-state index contributed by atoms with van der Waals surface area (Å²) >= 11 is 0. The Kier molecular flexibility index (Phi) is 5.54. The van der Waals surface area contributed by atoms with Crippen LogP contribution in [0.25, 0.3) is 0 Å². The third kappa shape index (κ3) is 4.61. The van der Waals surface area contributed by atoms with Crippen molar-refractivity contribution < 1.29 is 13.2 Å². The molecule has 18 heavy (non-hydrogen) atoms. The number of carbonyl (C=O) groups excluding carboxylic acids is 1. The van der Waals surface area contributed by atoms with Crippen molar-refractivity contribution in [3.05, 3.63) is 29.8 Å². The highest BCUT2D eigenvalue weighted by atomic mass is 32.2. The second-order valence-electron chi connectivity index (χ2n) is 4.57. The molecule has 0 heterocycles. The van der Waals surface area contributed by atoms with Gasteiger partial charge in [0.05, 0.1) is 4.90 Å². The smallest absolute Gasteiger partial charge is 0.185 e. The van der Waals surface area contributed by atoms with Crippen molar-refractivity contribution in [2.75, 3.05) is 5.75 Å². The van der Waals surface area contributed by atoms with Crippen LogP contribution in [0.1, 0.15) is 38.2 Å². The SMILES string of the molecule is CCCCCC(=O)CS(=O)(=O)c1ccc(C)cc1. The Bertz CT molecular complexity index is 486. The maximum atomic E-state index is 12.0. The molecule has 0 saturated carbocycles. The number of carbonyl (C=O) groups is 1. The molecular weight excluding hydrogens is 248 g/mol. The second kappa shape index (κ2) is 6.69. The molecule has 1 rings (SSSR count). The summed E-state index contributed by atoms with van der Waals surface area (Å²) in [5.74, 6) is -0.566. The summed E-state index contributed by atoms with van der Waals surface area (Å²) in [5.41, 5.74) is 1.00. The first-order chi connectivity index (χ1) is 8.45. The van der Waals surface area contributed by atoms with Gasteiger partial charge in [0.2, 0.25) is 0 Å². The zero-order chi connectivity index (χ0) is 13.6. The minimum absolute atomic E-state index is 0.191. The summed E-state index contributed by atoms with van der Waals surface area (Å²) < 4.78 is 23.9. The Hall–Kier alpha value is -1.16. The Morgan fingerprint density at radius 3 is 2.28 bits per heavy atom. The highest BCUT2D eigenvalue weighted by Gasteiger charge is 2.18. The first-order valence-corrected chi connectivity index (χ1v) is 7.92. The molecule has 0 amide bonds. The van der Waals surface area contributed by atoms with E-state index in [0.29, 0.717) is 6.42 Å². The fourth-order valence-corrected chi connectivity index (χ4v) is 2.97. The zero-order valence-electron chi connectivity index (χ0n) is 11.0. The summed E-state index contributed by atoms with van der Waals surface area (Å²) in [6.07, 6.45) is 3.13. The van der Waals surface area contributed by atoms with Gasteiger partial charge in [-0.15, -0.1) is 0 Å². The van der Waals surface area contributed by atoms with Crippen molar-refractivity contribution in [2.45, 2.75) is 44.4 Å². The molecule has 0 aliphatic rings. The predicted molar refractivity (Wildman–Crippen MR) is 72.4 cm³/mol. The predicted octanol–water partition coefficient (Wildman–Crippen LogP) is 2.92. The number of hydrogen-bond donors (Lipinski definition) is 0. The summed E-state index contributed by atoms with van der Waals surface area (Å²) in [6, 6.07) is 6.61. The molecule has 0 saturated heterocycles. The van der Waals surface area contributed by atoms with Gasteiger partial charge in [-0.05, 0) is 25.5 Å². The van der Waals surface area contributed by atoms with E-state index in [1.807, 2.05) is 13.8 Å². The minimum Gasteiger partial charge on any atom is -0.299 e. The fraction of sp³-hybridized carbons (Fsp3) is 0.500. The van der Waals surface area contributed by atoms with Crippen LogP contribution in [-0.4, -0.2) is 20.0 Å². The van der Waals surface area contributed by atoms with E-state index in [2.05, 4.69) is 0 Å². The standard InChI is InChI=1S/C14H20O3S/c1-3-4-5-6-13(15)11-18(16,17)14-9-7-12(2)8-10-14/h7-10H,3-6,11H2,1-2H3. The van der Waals surface area contributed by atoms with Crippen molar-refractivity contribution in [1.82, 2.24) is 0 Å². The van der Waals surface area contributed by atoms with Crippen molar-refractivity contribution in [2.24, 2.45) is 0 Å². The molecule has 0 bridgehead atoms. The molecule has 3 nitrogen and oxygen atoms in total. The molecule has 0 fully saturated rings. The summed E-state index contributed by atoms with van der Waals surface area (Å²) in [6.45, 7) is 3.94. The molecule has 0 aliphatic carbocycles. The van der Waals surface area contributed by atoms with Gasteiger partial charge in [-0.25, -0.2) is 8.42 Å². The van der Waals surface area contributed by atoms with E-state index in [4.69, 9.17) is 0 Å². The highest BCUT2D eigenvalue weighted by molar-refractivity contribution is 7.92. The molecule has 0 N–H and O–H groups in total. The average molecular weight is 268 g/mol. The van der Waals surface area contributed by atoms with Gasteiger partial charge in [-0.2, -0.15) is 0 Å². The summed E-state index contributed by atoms with van der Waals surface area (Å²) in [7, 11) is -3.46. The lowest BCUT2D eigenvalue weighted by atomic mass is 10.2. The molecule has 1 aromatic rings. The topological polar surface area (TPSA) is 51.2 Å². The number of ketones is 1. The van der Waals surface area contributed by atoms with Crippen LogP contribution in [0.3, 0.4) is 0 Å². The van der Waals surface area contributed by atoms with Crippen LogP contribution in [0, 0.1) is 6.92 Å². The lowest BCUT2D eigenvalue weighted by Crippen LogP contribution is -2.16. The van der Waals surface area contributed by atoms with Gasteiger partial charge >= 0.3 is 0 Å². The largest absolute Gasteiger partial charge is 0.299 e. The zero-order valence-corrected chi connectivity index (χ0v) is 11.8. The Morgan fingerprint density at radius 1 is 1.11 bits per heavy atom. The highest BCUT2D eigenvalue weighted by Crippen LogP contribution is 2.13. The number of sulfone groups is 1. The molecule has 0 aromatic heterocycles. The number of unbranched alkanes of at least 4 members (excludes halogenated alkanes) is 2. The van der Waals surface area contributed by atoms with Gasteiger partial charge in [-0.1, -0.05) is 37.5 Å². The Labute approximate surface area is 109 Å². The van der Waals surface area contributed by atoms with Gasteiger partial charge < -0.3 is 0 Å². The lowest BCUT2D eigenvalue weighted by molar-refractivity contribution is -0.116. The van der Waals surface area contributed by atoms with Gasteiger partial charge in [-0.3, -0.25) is 4.79 Å². The fourth-order valence-electron chi connectivity index (χ4n) is 1.69. The van der Waals surface area contributed by atoms with E-state index in [1.54, 1.807) is 24.3 Å². The maximum absolute atomic E-state index is 12.0. The lowest BCUT2D eigenvalue weighted by Gasteiger charge is -2.04. The van der Waals surface area contributed by atoms with Crippen LogP contribution in [0.2, 0.25) is 0 Å². The average Bonchev–Trinajstić information content (AvgIpc) is 2.29. The molecule has 4 heteroatoms. The van der Waals surface area contributed by atoms with Crippen molar-refractivity contribution in [3.63, 3.8) is 0 Å². The van der Waals surface area contributed by atoms with Gasteiger partial charge in [0.25, 0.3) is 0 Å². The molecule has 0 aliphatic heterocycles. The molecule has 1 aromatic carbocycles. The van der Waals surface area contributed by atoms with Crippen molar-refractivity contribution in [3.8, 4) is 0 Å². The number of rotatable bonds is 7. The van der Waals surface area contributed by atoms with Crippen LogP contribution in [0.15, 0.2) is 29.2 Å². The minimum atomic E-state index is -3.46. The van der Waals surface area contributed by atoms with Crippen molar-refractivity contribution >= 4 is 15.6 Å². The van der Waals surface area contributed by atoms with Crippen LogP contribution in [-0.2, 0) is 14.6 Å². The van der Waals surface area contributed by atoms with Gasteiger partial charge in [0.1, 0.15) is 11.5 Å². The quantitative estimate of drug-likeness (QED) is 0.714. The second-order valence-corrected chi connectivity index (χ2v) is 6.56. The third-order valence-corrected chi connectivity index (χ3v) is 4.48. The monoisotopic (exact) mass is 268 g/mol. The summed E-state index contributed by atoms with van der Waals surface area (Å²) in [4.78, 5) is 11.8. The number of Topliss-reactive ketones (excluding diaryl/α,β-unsaturated/α-hetero) is 1. The third-order valence-electron chi connectivity index (χ3n) is 2.79. The van der Waals surface area contributed by atoms with E-state index in [-0.39, 0.29) is 16.4 Å². The number of benzene rings is 1.